The molecule has 0 bridgehead atoms. The Morgan fingerprint density at radius 3 is 2.00 bits per heavy atom. The van der Waals surface area contributed by atoms with Crippen molar-refractivity contribution in [3.63, 3.8) is 0 Å². The van der Waals surface area contributed by atoms with Crippen LogP contribution in [0.5, 0.6) is 0 Å². The van der Waals surface area contributed by atoms with Crippen molar-refractivity contribution >= 4 is 32.7 Å². The van der Waals surface area contributed by atoms with E-state index in [1.165, 1.54) is 0 Å². The van der Waals surface area contributed by atoms with Gasteiger partial charge in [-0.3, -0.25) is 0 Å². The van der Waals surface area contributed by atoms with E-state index in [2.05, 4.69) is 6.58 Å². The van der Waals surface area contributed by atoms with Crippen LogP contribution in [0, 0.1) is 0 Å². The monoisotopic (exact) mass is 270 g/mol. The third kappa shape index (κ3) is 5.81. The molecule has 0 spiro atoms. The molecular weight excluding hydrogens is 266 g/mol. The molecule has 0 rings (SSSR count). The Morgan fingerprint density at radius 2 is 2.00 bits per heavy atom. The Labute approximate surface area is 90.1 Å². The van der Waals surface area contributed by atoms with Crippen molar-refractivity contribution in [2.45, 2.75) is 0 Å². The maximum Gasteiger partial charge on any atom is 1.00 e. The Morgan fingerprint density at radius 1 is 1.67 bits per heavy atom. The van der Waals surface area contributed by atoms with Crippen molar-refractivity contribution in [2.75, 3.05) is 4.43 Å². The molecule has 0 aliphatic rings. The van der Waals surface area contributed by atoms with Crippen molar-refractivity contribution in [3.8, 4) is 0 Å². The van der Waals surface area contributed by atoms with Crippen LogP contribution in [0.1, 0.15) is 0 Å². The van der Waals surface area contributed by atoms with E-state index in [9.17, 15) is 13.0 Å². The summed E-state index contributed by atoms with van der Waals surface area (Å²) in [5.74, 6) is 0. The number of alkyl halides is 1. The minimum Gasteiger partial charge on any atom is -0.744 e. The van der Waals surface area contributed by atoms with Gasteiger partial charge in [0.15, 0.2) is 0 Å². The SMILES string of the molecule is C=C(CI)S(=O)(=O)[O-].[Na+]. The van der Waals surface area contributed by atoms with Crippen LogP contribution < -0.4 is 29.6 Å². The van der Waals surface area contributed by atoms with Gasteiger partial charge in [-0.15, -0.1) is 0 Å². The van der Waals surface area contributed by atoms with E-state index in [0.717, 1.165) is 0 Å². The maximum atomic E-state index is 9.90. The molecule has 0 fully saturated rings. The standard InChI is InChI=1S/C3H5IO3S.Na/c1-3(2-4)8(5,6)7;/h1-2H2,(H,5,6,7);/q;+1/p-1. The average Bonchev–Trinajstić information content (AvgIpc) is 1.62. The fourth-order valence-electron chi connectivity index (χ4n) is 0.0668. The first kappa shape index (κ1) is 13.0. The van der Waals surface area contributed by atoms with E-state index in [-0.39, 0.29) is 38.9 Å². The van der Waals surface area contributed by atoms with Crippen molar-refractivity contribution in [1.82, 2.24) is 0 Å². The van der Waals surface area contributed by atoms with Gasteiger partial charge >= 0.3 is 29.6 Å². The first-order chi connectivity index (χ1) is 3.48. The summed E-state index contributed by atoms with van der Waals surface area (Å²) in [7, 11) is -4.20. The van der Waals surface area contributed by atoms with Gasteiger partial charge in [-0.1, -0.05) is 29.2 Å². The van der Waals surface area contributed by atoms with E-state index in [1.54, 1.807) is 22.6 Å². The van der Waals surface area contributed by atoms with Gasteiger partial charge in [0.2, 0.25) is 0 Å². The van der Waals surface area contributed by atoms with Crippen LogP contribution >= 0.6 is 22.6 Å². The van der Waals surface area contributed by atoms with E-state index in [1.807, 2.05) is 0 Å². The van der Waals surface area contributed by atoms with Crippen LogP contribution in [0.15, 0.2) is 11.5 Å². The summed E-state index contributed by atoms with van der Waals surface area (Å²) in [6.07, 6.45) is 0. The summed E-state index contributed by atoms with van der Waals surface area (Å²) < 4.78 is 29.9. The van der Waals surface area contributed by atoms with Gasteiger partial charge in [-0.2, -0.15) is 0 Å². The molecule has 48 valence electrons. The number of rotatable bonds is 2. The van der Waals surface area contributed by atoms with Crippen LogP contribution in [0.4, 0.5) is 0 Å². The largest absolute Gasteiger partial charge is 1.00 e. The quantitative estimate of drug-likeness (QED) is 0.241. The average molecular weight is 270 g/mol. The van der Waals surface area contributed by atoms with E-state index < -0.39 is 10.1 Å². The molecule has 3 nitrogen and oxygen atoms in total. The van der Waals surface area contributed by atoms with E-state index >= 15 is 0 Å². The summed E-state index contributed by atoms with van der Waals surface area (Å²) in [5.41, 5.74) is 0. The zero-order chi connectivity index (χ0) is 6.78. The summed E-state index contributed by atoms with van der Waals surface area (Å²) >= 11 is 1.76. The Balaban J connectivity index is 0. The number of halogens is 1. The van der Waals surface area contributed by atoms with Crippen LogP contribution in [0.3, 0.4) is 0 Å². The third-order valence-electron chi connectivity index (χ3n) is 0.503. The Hall–Kier alpha value is 1.38. The summed E-state index contributed by atoms with van der Waals surface area (Å²) in [5, 5.41) is 0. The van der Waals surface area contributed by atoms with Gasteiger partial charge in [-0.05, 0) is 0 Å². The summed E-state index contributed by atoms with van der Waals surface area (Å²) in [6.45, 7) is 3.04. The van der Waals surface area contributed by atoms with E-state index in [0.29, 0.717) is 0 Å². The third-order valence-corrected chi connectivity index (χ3v) is 2.79. The minimum absolute atomic E-state index is 0. The zero-order valence-electron chi connectivity index (χ0n) is 4.93. The van der Waals surface area contributed by atoms with Crippen molar-refractivity contribution in [1.29, 1.82) is 0 Å². The molecule has 0 N–H and O–H groups in total. The molecule has 0 aromatic carbocycles. The number of hydrogen-bond acceptors (Lipinski definition) is 3. The van der Waals surface area contributed by atoms with Crippen molar-refractivity contribution < 1.29 is 42.5 Å². The normalized spacial score (nSPS) is 10.0. The first-order valence-corrected chi connectivity index (χ1v) is 4.61. The molecule has 6 heteroatoms. The van der Waals surface area contributed by atoms with Gasteiger partial charge in [-0.25, -0.2) is 8.42 Å². The second-order valence-corrected chi connectivity index (χ2v) is 3.37. The molecular formula is C3H4INaO3S. The molecule has 0 amide bonds. The predicted molar refractivity (Wildman–Crippen MR) is 37.7 cm³/mol. The fourth-order valence-corrected chi connectivity index (χ4v) is 1.34. The first-order valence-electron chi connectivity index (χ1n) is 1.68. The summed E-state index contributed by atoms with van der Waals surface area (Å²) in [6, 6.07) is 0. The summed E-state index contributed by atoms with van der Waals surface area (Å²) in [4.78, 5) is -0.266. The van der Waals surface area contributed by atoms with Crippen LogP contribution in [0.25, 0.3) is 0 Å². The molecule has 0 saturated carbocycles. The van der Waals surface area contributed by atoms with Crippen molar-refractivity contribution in [3.05, 3.63) is 11.5 Å². The Bertz CT molecular complexity index is 185. The molecule has 0 heterocycles. The second kappa shape index (κ2) is 5.09. The Kier molecular flexibility index (Phi) is 7.35. The molecule has 0 aromatic rings. The molecule has 0 aliphatic carbocycles. The minimum atomic E-state index is -4.20. The van der Waals surface area contributed by atoms with E-state index in [4.69, 9.17) is 0 Å². The topological polar surface area (TPSA) is 57.2 Å². The van der Waals surface area contributed by atoms with Crippen molar-refractivity contribution in [2.24, 2.45) is 0 Å². The van der Waals surface area contributed by atoms with Crippen LogP contribution in [0.2, 0.25) is 0 Å². The zero-order valence-corrected chi connectivity index (χ0v) is 9.90. The van der Waals surface area contributed by atoms with Gasteiger partial charge in [0, 0.05) is 9.33 Å². The van der Waals surface area contributed by atoms with Gasteiger partial charge in [0.25, 0.3) is 0 Å². The second-order valence-electron chi connectivity index (χ2n) is 1.13. The molecule has 0 radical (unpaired) electrons. The van der Waals surface area contributed by atoms with Crippen LogP contribution in [-0.4, -0.2) is 17.4 Å². The fraction of sp³-hybridized carbons (Fsp3) is 0.333. The maximum absolute atomic E-state index is 9.90. The molecule has 0 saturated heterocycles. The molecule has 0 atom stereocenters. The predicted octanol–water partition coefficient (Wildman–Crippen LogP) is -2.52. The molecule has 0 aromatic heterocycles. The van der Waals surface area contributed by atoms with Crippen LogP contribution in [-0.2, 0) is 10.1 Å². The van der Waals surface area contributed by atoms with Gasteiger partial charge < -0.3 is 4.55 Å². The molecule has 0 aliphatic heterocycles. The molecule has 0 unspecified atom stereocenters. The van der Waals surface area contributed by atoms with Gasteiger partial charge in [0.1, 0.15) is 10.1 Å². The van der Waals surface area contributed by atoms with Gasteiger partial charge in [0.05, 0.1) is 0 Å². The molecule has 9 heavy (non-hydrogen) atoms. The number of allylic oxidation sites excluding steroid dienone is 1. The smallest absolute Gasteiger partial charge is 0.744 e. The number of hydrogen-bond donors (Lipinski definition) is 0.